The normalized spacial score (nSPS) is 17.4. The van der Waals surface area contributed by atoms with Crippen LogP contribution in [0.3, 0.4) is 0 Å². The van der Waals surface area contributed by atoms with Crippen molar-refractivity contribution in [1.82, 2.24) is 5.32 Å². The van der Waals surface area contributed by atoms with E-state index in [0.717, 1.165) is 35.7 Å². The zero-order valence-electron chi connectivity index (χ0n) is 10.6. The van der Waals surface area contributed by atoms with Gasteiger partial charge in [0.2, 0.25) is 0 Å². The van der Waals surface area contributed by atoms with Gasteiger partial charge < -0.3 is 20.5 Å². The molecule has 94 valence electrons. The summed E-state index contributed by atoms with van der Waals surface area (Å²) in [5.74, 6) is 2.20. The molecule has 1 fully saturated rings. The molecule has 0 bridgehead atoms. The van der Waals surface area contributed by atoms with E-state index >= 15 is 0 Å². The number of nitrogens with two attached hydrogens (primary N) is 1. The van der Waals surface area contributed by atoms with Crippen molar-refractivity contribution < 1.29 is 9.47 Å². The average Bonchev–Trinajstić information content (AvgIpc) is 2.26. The first kappa shape index (κ1) is 12.2. The highest BCUT2D eigenvalue weighted by molar-refractivity contribution is 5.47. The Morgan fingerprint density at radius 2 is 1.88 bits per heavy atom. The van der Waals surface area contributed by atoms with Gasteiger partial charge in [-0.3, -0.25) is 0 Å². The molecule has 2 rings (SSSR count). The molecule has 1 atom stereocenters. The van der Waals surface area contributed by atoms with Gasteiger partial charge in [-0.15, -0.1) is 0 Å². The Labute approximate surface area is 102 Å². The number of hydrogen-bond donors (Lipinski definition) is 2. The molecule has 0 spiro atoms. The van der Waals surface area contributed by atoms with Crippen LogP contribution in [-0.4, -0.2) is 27.3 Å². The molecule has 0 amide bonds. The number of ether oxygens (including phenoxy) is 2. The minimum Gasteiger partial charge on any atom is -0.496 e. The lowest BCUT2D eigenvalue weighted by Gasteiger charge is -2.33. The number of methoxy groups -OCH3 is 2. The second kappa shape index (κ2) is 4.94. The van der Waals surface area contributed by atoms with Crippen molar-refractivity contribution >= 4 is 0 Å². The molecule has 0 radical (unpaired) electrons. The molecule has 0 aromatic heterocycles. The van der Waals surface area contributed by atoms with Crippen molar-refractivity contribution in [3.05, 3.63) is 23.3 Å². The van der Waals surface area contributed by atoms with Crippen LogP contribution in [0.5, 0.6) is 11.5 Å². The molecule has 4 heteroatoms. The summed E-state index contributed by atoms with van der Waals surface area (Å²) in [5, 5.41) is 3.24. The van der Waals surface area contributed by atoms with Gasteiger partial charge in [-0.05, 0) is 24.6 Å². The summed E-state index contributed by atoms with van der Waals surface area (Å²) in [6.45, 7) is 3.95. The number of hydrogen-bond acceptors (Lipinski definition) is 4. The number of aryl methyl sites for hydroxylation is 1. The predicted molar refractivity (Wildman–Crippen MR) is 67.6 cm³/mol. The van der Waals surface area contributed by atoms with Crippen molar-refractivity contribution in [2.75, 3.05) is 27.3 Å². The summed E-state index contributed by atoms with van der Waals surface area (Å²) in [4.78, 5) is 0. The van der Waals surface area contributed by atoms with Gasteiger partial charge in [0.25, 0.3) is 0 Å². The highest BCUT2D eigenvalue weighted by Gasteiger charge is 2.28. The van der Waals surface area contributed by atoms with Gasteiger partial charge in [0, 0.05) is 30.6 Å². The second-order valence-electron chi connectivity index (χ2n) is 4.51. The van der Waals surface area contributed by atoms with Crippen molar-refractivity contribution in [3.8, 4) is 11.5 Å². The fraction of sp³-hybridized carbons (Fsp3) is 0.538. The summed E-state index contributed by atoms with van der Waals surface area (Å²) in [7, 11) is 3.35. The monoisotopic (exact) mass is 236 g/mol. The van der Waals surface area contributed by atoms with Gasteiger partial charge in [-0.1, -0.05) is 0 Å². The fourth-order valence-corrected chi connectivity index (χ4v) is 2.15. The average molecular weight is 236 g/mol. The van der Waals surface area contributed by atoms with Gasteiger partial charge in [0.1, 0.15) is 11.5 Å². The van der Waals surface area contributed by atoms with E-state index in [2.05, 4.69) is 5.32 Å². The highest BCUT2D eigenvalue weighted by atomic mass is 16.5. The summed E-state index contributed by atoms with van der Waals surface area (Å²) in [6.07, 6.45) is 0. The molecule has 1 aromatic rings. The van der Waals surface area contributed by atoms with Crippen molar-refractivity contribution in [2.45, 2.75) is 13.0 Å². The van der Waals surface area contributed by atoms with E-state index in [1.807, 2.05) is 19.1 Å². The third-order valence-corrected chi connectivity index (χ3v) is 3.43. The SMILES string of the molecule is COc1cc(C(N)C2CNC2)c(OC)cc1C. The fourth-order valence-electron chi connectivity index (χ4n) is 2.15. The van der Waals surface area contributed by atoms with Gasteiger partial charge in [0.15, 0.2) is 0 Å². The number of rotatable bonds is 4. The topological polar surface area (TPSA) is 56.5 Å². The summed E-state index contributed by atoms with van der Waals surface area (Å²) >= 11 is 0. The Kier molecular flexibility index (Phi) is 3.54. The van der Waals surface area contributed by atoms with Crippen molar-refractivity contribution in [1.29, 1.82) is 0 Å². The summed E-state index contributed by atoms with van der Waals surface area (Å²) in [6, 6.07) is 3.98. The molecule has 0 saturated carbocycles. The van der Waals surface area contributed by atoms with E-state index < -0.39 is 0 Å². The molecule has 1 aliphatic rings. The van der Waals surface area contributed by atoms with Crippen LogP contribution in [-0.2, 0) is 0 Å². The van der Waals surface area contributed by atoms with Crippen LogP contribution in [0.25, 0.3) is 0 Å². The van der Waals surface area contributed by atoms with Crippen LogP contribution in [0.4, 0.5) is 0 Å². The van der Waals surface area contributed by atoms with Crippen LogP contribution < -0.4 is 20.5 Å². The van der Waals surface area contributed by atoms with E-state index in [0.29, 0.717) is 5.92 Å². The third-order valence-electron chi connectivity index (χ3n) is 3.43. The lowest BCUT2D eigenvalue weighted by Crippen LogP contribution is -2.47. The molecule has 1 saturated heterocycles. The second-order valence-corrected chi connectivity index (χ2v) is 4.51. The first-order chi connectivity index (χ1) is 8.17. The highest BCUT2D eigenvalue weighted by Crippen LogP contribution is 2.35. The van der Waals surface area contributed by atoms with Gasteiger partial charge >= 0.3 is 0 Å². The predicted octanol–water partition coefficient (Wildman–Crippen LogP) is 1.23. The molecular formula is C13H20N2O2. The van der Waals surface area contributed by atoms with Crippen molar-refractivity contribution in [2.24, 2.45) is 11.7 Å². The molecule has 1 aromatic carbocycles. The molecule has 0 aliphatic carbocycles. The molecular weight excluding hydrogens is 216 g/mol. The Morgan fingerprint density at radius 3 is 2.35 bits per heavy atom. The third kappa shape index (κ3) is 2.23. The lowest BCUT2D eigenvalue weighted by atomic mass is 9.88. The zero-order valence-corrected chi connectivity index (χ0v) is 10.6. The smallest absolute Gasteiger partial charge is 0.124 e. The lowest BCUT2D eigenvalue weighted by molar-refractivity contribution is 0.287. The Hall–Kier alpha value is -1.26. The Balaban J connectivity index is 2.35. The molecule has 1 aliphatic heterocycles. The summed E-state index contributed by atoms with van der Waals surface area (Å²) < 4.78 is 10.7. The maximum Gasteiger partial charge on any atom is 0.124 e. The quantitative estimate of drug-likeness (QED) is 0.825. The van der Waals surface area contributed by atoms with Crippen LogP contribution in [0, 0.1) is 12.8 Å². The largest absolute Gasteiger partial charge is 0.496 e. The number of benzene rings is 1. The van der Waals surface area contributed by atoms with Crippen LogP contribution in [0.2, 0.25) is 0 Å². The maximum atomic E-state index is 6.27. The van der Waals surface area contributed by atoms with Crippen molar-refractivity contribution in [3.63, 3.8) is 0 Å². The zero-order chi connectivity index (χ0) is 12.4. The first-order valence-corrected chi connectivity index (χ1v) is 5.86. The maximum absolute atomic E-state index is 6.27. The molecule has 3 N–H and O–H groups in total. The van der Waals surface area contributed by atoms with Crippen LogP contribution in [0.15, 0.2) is 12.1 Å². The van der Waals surface area contributed by atoms with E-state index in [1.165, 1.54) is 0 Å². The van der Waals surface area contributed by atoms with Gasteiger partial charge in [-0.2, -0.15) is 0 Å². The first-order valence-electron chi connectivity index (χ1n) is 5.86. The number of nitrogens with one attached hydrogen (secondary N) is 1. The Bertz CT molecular complexity index is 403. The van der Waals surface area contributed by atoms with Gasteiger partial charge in [-0.25, -0.2) is 0 Å². The summed E-state index contributed by atoms with van der Waals surface area (Å²) in [5.41, 5.74) is 8.37. The standard InChI is InChI=1S/C13H20N2O2/c1-8-4-12(17-3)10(5-11(8)16-2)13(14)9-6-15-7-9/h4-5,9,13,15H,6-7,14H2,1-3H3. The minimum atomic E-state index is 0.000648. The van der Waals surface area contributed by atoms with Crippen LogP contribution >= 0.6 is 0 Å². The van der Waals surface area contributed by atoms with E-state index in [9.17, 15) is 0 Å². The van der Waals surface area contributed by atoms with E-state index in [1.54, 1.807) is 14.2 Å². The van der Waals surface area contributed by atoms with E-state index in [4.69, 9.17) is 15.2 Å². The van der Waals surface area contributed by atoms with E-state index in [-0.39, 0.29) is 6.04 Å². The van der Waals surface area contributed by atoms with Gasteiger partial charge in [0.05, 0.1) is 14.2 Å². The molecule has 17 heavy (non-hydrogen) atoms. The molecule has 4 nitrogen and oxygen atoms in total. The molecule has 1 unspecified atom stereocenters. The van der Waals surface area contributed by atoms with Crippen LogP contribution in [0.1, 0.15) is 17.2 Å². The minimum absolute atomic E-state index is 0.000648. The molecule has 1 heterocycles. The Morgan fingerprint density at radius 1 is 1.24 bits per heavy atom.